The van der Waals surface area contributed by atoms with Gasteiger partial charge in [-0.15, -0.1) is 24.0 Å². The van der Waals surface area contributed by atoms with Gasteiger partial charge in [-0.1, -0.05) is 12.1 Å². The molecule has 2 aromatic rings. The molecule has 1 aliphatic heterocycles. The van der Waals surface area contributed by atoms with Crippen molar-refractivity contribution in [1.82, 2.24) is 20.1 Å². The molecule has 1 aromatic carbocycles. The van der Waals surface area contributed by atoms with Gasteiger partial charge in [0.1, 0.15) is 0 Å². The van der Waals surface area contributed by atoms with Gasteiger partial charge in [-0.05, 0) is 42.7 Å². The first-order valence-corrected chi connectivity index (χ1v) is 9.45. The third kappa shape index (κ3) is 6.74. The van der Waals surface area contributed by atoms with E-state index in [1.54, 1.807) is 7.05 Å². The molecule has 3 N–H and O–H groups in total. The molecule has 0 unspecified atom stereocenters. The molecule has 0 aliphatic carbocycles. The molecular weight excluding hydrogens is 467 g/mol. The molecule has 7 nitrogen and oxygen atoms in total. The van der Waals surface area contributed by atoms with Gasteiger partial charge in [-0.3, -0.25) is 4.99 Å². The Balaban J connectivity index is 0.00000280. The van der Waals surface area contributed by atoms with Crippen molar-refractivity contribution >= 4 is 41.7 Å². The number of carbonyl (C=O) groups is 1. The number of nitrogens with one attached hydrogen (secondary N) is 3. The Hall–Kier alpha value is -2.23. The maximum atomic E-state index is 12.2. The average Bonchev–Trinajstić information content (AvgIpc) is 3.38. The van der Waals surface area contributed by atoms with Crippen LogP contribution >= 0.6 is 24.0 Å². The second-order valence-electron chi connectivity index (χ2n) is 6.60. The minimum absolute atomic E-state index is 0. The molecule has 0 saturated carbocycles. The SMILES string of the molecule is CN=C(NCCn1cccc1)NCc1cccc(NC(=O)N2CCCC2)c1.I. The van der Waals surface area contributed by atoms with Gasteiger partial charge in [-0.25, -0.2) is 4.79 Å². The summed E-state index contributed by atoms with van der Waals surface area (Å²) in [5, 5.41) is 9.60. The number of nitrogens with zero attached hydrogens (tertiary/aromatic N) is 3. The van der Waals surface area contributed by atoms with Crippen molar-refractivity contribution in [3.05, 3.63) is 54.4 Å². The summed E-state index contributed by atoms with van der Waals surface area (Å²) in [5.74, 6) is 0.758. The van der Waals surface area contributed by atoms with E-state index >= 15 is 0 Å². The zero-order valence-electron chi connectivity index (χ0n) is 16.2. The number of hydrogen-bond donors (Lipinski definition) is 3. The van der Waals surface area contributed by atoms with Gasteiger partial charge in [0.15, 0.2) is 5.96 Å². The van der Waals surface area contributed by atoms with Crippen molar-refractivity contribution in [2.45, 2.75) is 25.9 Å². The van der Waals surface area contributed by atoms with Crippen LogP contribution < -0.4 is 16.0 Å². The maximum Gasteiger partial charge on any atom is 0.321 e. The lowest BCUT2D eigenvalue weighted by molar-refractivity contribution is 0.222. The Bertz CT molecular complexity index is 756. The van der Waals surface area contributed by atoms with Crippen LogP contribution in [-0.4, -0.2) is 48.1 Å². The molecule has 8 heteroatoms. The first-order valence-electron chi connectivity index (χ1n) is 9.45. The Morgan fingerprint density at radius 3 is 2.57 bits per heavy atom. The zero-order valence-corrected chi connectivity index (χ0v) is 18.6. The minimum Gasteiger partial charge on any atom is -0.355 e. The molecule has 1 fully saturated rings. The molecule has 0 atom stereocenters. The number of carbonyl (C=O) groups excluding carboxylic acids is 1. The van der Waals surface area contributed by atoms with E-state index in [1.165, 1.54) is 0 Å². The van der Waals surface area contributed by atoms with Crippen molar-refractivity contribution in [3.8, 4) is 0 Å². The van der Waals surface area contributed by atoms with Gasteiger partial charge in [0, 0.05) is 57.9 Å². The van der Waals surface area contributed by atoms with Crippen LogP contribution in [0, 0.1) is 0 Å². The van der Waals surface area contributed by atoms with Gasteiger partial charge in [0.25, 0.3) is 0 Å². The average molecular weight is 496 g/mol. The zero-order chi connectivity index (χ0) is 18.9. The Labute approximate surface area is 183 Å². The van der Waals surface area contributed by atoms with Gasteiger partial charge in [0.2, 0.25) is 0 Å². The highest BCUT2D eigenvalue weighted by Gasteiger charge is 2.17. The van der Waals surface area contributed by atoms with Crippen molar-refractivity contribution in [1.29, 1.82) is 0 Å². The van der Waals surface area contributed by atoms with Gasteiger partial charge < -0.3 is 25.4 Å². The number of aromatic nitrogens is 1. The van der Waals surface area contributed by atoms with E-state index in [9.17, 15) is 4.79 Å². The standard InChI is InChI=1S/C20H28N6O.HI/c1-21-19(22-9-14-25-10-2-3-11-25)23-16-17-7-6-8-18(15-17)24-20(27)26-12-4-5-13-26;/h2-3,6-8,10-11,15H,4-5,9,12-14,16H2,1H3,(H,24,27)(H2,21,22,23);1H. The van der Waals surface area contributed by atoms with E-state index in [0.29, 0.717) is 6.54 Å². The van der Waals surface area contributed by atoms with E-state index in [-0.39, 0.29) is 30.0 Å². The number of halogens is 1. The largest absolute Gasteiger partial charge is 0.355 e. The Kier molecular flexibility index (Phi) is 9.12. The molecule has 3 rings (SSSR count). The number of benzene rings is 1. The lowest BCUT2D eigenvalue weighted by Crippen LogP contribution is -2.38. The lowest BCUT2D eigenvalue weighted by Gasteiger charge is -2.17. The molecule has 0 bridgehead atoms. The molecular formula is C20H29IN6O. The summed E-state index contributed by atoms with van der Waals surface area (Å²) in [6.07, 6.45) is 6.27. The fraction of sp³-hybridized carbons (Fsp3) is 0.400. The second kappa shape index (κ2) is 11.6. The van der Waals surface area contributed by atoms with Crippen LogP contribution in [0.25, 0.3) is 0 Å². The number of amides is 2. The number of likely N-dealkylation sites (tertiary alicyclic amines) is 1. The minimum atomic E-state index is -0.0138. The predicted molar refractivity (Wildman–Crippen MR) is 124 cm³/mol. The topological polar surface area (TPSA) is 73.7 Å². The van der Waals surface area contributed by atoms with Gasteiger partial charge >= 0.3 is 6.03 Å². The highest BCUT2D eigenvalue weighted by molar-refractivity contribution is 14.0. The highest BCUT2D eigenvalue weighted by Crippen LogP contribution is 2.14. The number of aliphatic imine (C=N–C) groups is 1. The summed E-state index contributed by atoms with van der Waals surface area (Å²) in [7, 11) is 1.76. The molecule has 2 heterocycles. The fourth-order valence-electron chi connectivity index (χ4n) is 3.11. The quantitative estimate of drug-likeness (QED) is 0.327. The normalized spacial score (nSPS) is 13.8. The fourth-order valence-corrected chi connectivity index (χ4v) is 3.11. The summed E-state index contributed by atoms with van der Waals surface area (Å²) < 4.78 is 2.12. The molecule has 1 aromatic heterocycles. The van der Waals surface area contributed by atoms with E-state index in [2.05, 4.69) is 25.5 Å². The molecule has 28 heavy (non-hydrogen) atoms. The molecule has 152 valence electrons. The van der Waals surface area contributed by atoms with E-state index < -0.39 is 0 Å². The number of guanidine groups is 1. The predicted octanol–water partition coefficient (Wildman–Crippen LogP) is 3.10. The number of hydrogen-bond acceptors (Lipinski definition) is 2. The molecule has 1 aliphatic rings. The summed E-state index contributed by atoms with van der Waals surface area (Å²) in [6, 6.07) is 11.9. The van der Waals surface area contributed by atoms with Crippen LogP contribution in [0.15, 0.2) is 53.8 Å². The molecule has 0 radical (unpaired) electrons. The smallest absolute Gasteiger partial charge is 0.321 e. The number of anilines is 1. The Morgan fingerprint density at radius 1 is 1.11 bits per heavy atom. The monoisotopic (exact) mass is 496 g/mol. The third-order valence-electron chi connectivity index (χ3n) is 4.58. The van der Waals surface area contributed by atoms with Crippen LogP contribution in [0.5, 0.6) is 0 Å². The van der Waals surface area contributed by atoms with E-state index in [1.807, 2.05) is 53.7 Å². The van der Waals surface area contributed by atoms with Crippen molar-refractivity contribution in [2.75, 3.05) is 32.0 Å². The molecule has 1 saturated heterocycles. The summed E-state index contributed by atoms with van der Waals surface area (Å²) >= 11 is 0. The summed E-state index contributed by atoms with van der Waals surface area (Å²) in [5.41, 5.74) is 1.91. The molecule has 0 spiro atoms. The number of rotatable bonds is 6. The van der Waals surface area contributed by atoms with E-state index in [4.69, 9.17) is 0 Å². The first-order chi connectivity index (χ1) is 13.2. The van der Waals surface area contributed by atoms with Crippen LogP contribution in [0.3, 0.4) is 0 Å². The van der Waals surface area contributed by atoms with Crippen molar-refractivity contribution in [2.24, 2.45) is 4.99 Å². The van der Waals surface area contributed by atoms with Crippen LogP contribution in [0.4, 0.5) is 10.5 Å². The summed E-state index contributed by atoms with van der Waals surface area (Å²) in [4.78, 5) is 18.3. The van der Waals surface area contributed by atoms with Gasteiger partial charge in [0.05, 0.1) is 0 Å². The molecule has 2 amide bonds. The number of urea groups is 1. The van der Waals surface area contributed by atoms with Crippen molar-refractivity contribution < 1.29 is 4.79 Å². The van der Waals surface area contributed by atoms with Crippen LogP contribution in [0.1, 0.15) is 18.4 Å². The lowest BCUT2D eigenvalue weighted by atomic mass is 10.2. The maximum absolute atomic E-state index is 12.2. The van der Waals surface area contributed by atoms with Gasteiger partial charge in [-0.2, -0.15) is 0 Å². The first kappa shape index (κ1) is 22.1. The summed E-state index contributed by atoms with van der Waals surface area (Å²) in [6.45, 7) is 4.00. The highest BCUT2D eigenvalue weighted by atomic mass is 127. The third-order valence-corrected chi connectivity index (χ3v) is 4.58. The van der Waals surface area contributed by atoms with Crippen LogP contribution in [0.2, 0.25) is 0 Å². The Morgan fingerprint density at radius 2 is 1.86 bits per heavy atom. The second-order valence-corrected chi connectivity index (χ2v) is 6.60. The van der Waals surface area contributed by atoms with Crippen LogP contribution in [-0.2, 0) is 13.1 Å². The van der Waals surface area contributed by atoms with Crippen molar-refractivity contribution in [3.63, 3.8) is 0 Å². The van der Waals surface area contributed by atoms with E-state index in [0.717, 1.165) is 56.2 Å².